The minimum Gasteiger partial charge on any atom is -0.340 e. The van der Waals surface area contributed by atoms with E-state index in [0.717, 1.165) is 45.8 Å². The number of nitrogens with zero attached hydrogens (tertiary/aromatic N) is 3. The molecule has 1 aliphatic heterocycles. The molecule has 0 bridgehead atoms. The average Bonchev–Trinajstić information content (AvgIpc) is 2.36. The van der Waals surface area contributed by atoms with E-state index >= 15 is 0 Å². The fraction of sp³-hybridized carbons (Fsp3) is 0.929. The maximum Gasteiger partial charge on any atom is 0.223 e. The number of rotatable bonds is 7. The Kier molecular flexibility index (Phi) is 7.34. The number of carbonyl (C=O) groups excluding carboxylic acids is 1. The molecular weight excluding hydrogens is 240 g/mol. The molecule has 1 fully saturated rings. The third kappa shape index (κ3) is 6.89. The summed E-state index contributed by atoms with van der Waals surface area (Å²) in [5.41, 5.74) is 0. The van der Waals surface area contributed by atoms with Gasteiger partial charge in [-0.2, -0.15) is 0 Å². The van der Waals surface area contributed by atoms with Gasteiger partial charge in [0.15, 0.2) is 0 Å². The van der Waals surface area contributed by atoms with Gasteiger partial charge in [0.25, 0.3) is 0 Å². The van der Waals surface area contributed by atoms with Crippen molar-refractivity contribution in [2.45, 2.75) is 26.3 Å². The lowest BCUT2D eigenvalue weighted by Gasteiger charge is -2.35. The van der Waals surface area contributed by atoms with Crippen LogP contribution in [0.2, 0.25) is 0 Å². The van der Waals surface area contributed by atoms with Crippen LogP contribution in [0.25, 0.3) is 0 Å². The SMILES string of the molecule is CC(C)NCCC(=O)N1CCN(CCN(C)C)CC1. The second-order valence-corrected chi connectivity index (χ2v) is 5.88. The zero-order valence-electron chi connectivity index (χ0n) is 13.0. The molecule has 1 aliphatic rings. The number of carbonyl (C=O) groups is 1. The van der Waals surface area contributed by atoms with Gasteiger partial charge >= 0.3 is 0 Å². The molecule has 1 rings (SSSR count). The van der Waals surface area contributed by atoms with Gasteiger partial charge in [-0.05, 0) is 14.1 Å². The summed E-state index contributed by atoms with van der Waals surface area (Å²) in [4.78, 5) is 18.7. The summed E-state index contributed by atoms with van der Waals surface area (Å²) in [6.07, 6.45) is 0.621. The van der Waals surface area contributed by atoms with Crippen molar-refractivity contribution in [3.63, 3.8) is 0 Å². The topological polar surface area (TPSA) is 38.8 Å². The molecule has 0 radical (unpaired) electrons. The second kappa shape index (κ2) is 8.51. The third-order valence-corrected chi connectivity index (χ3v) is 3.48. The maximum atomic E-state index is 12.0. The molecule has 1 heterocycles. The highest BCUT2D eigenvalue weighted by atomic mass is 16.2. The zero-order chi connectivity index (χ0) is 14.3. The molecule has 0 atom stereocenters. The number of nitrogens with one attached hydrogen (secondary N) is 1. The fourth-order valence-electron chi connectivity index (χ4n) is 2.19. The van der Waals surface area contributed by atoms with Crippen LogP contribution in [0.4, 0.5) is 0 Å². The van der Waals surface area contributed by atoms with Gasteiger partial charge in [-0.15, -0.1) is 0 Å². The van der Waals surface area contributed by atoms with Gasteiger partial charge in [-0.25, -0.2) is 0 Å². The quantitative estimate of drug-likeness (QED) is 0.711. The van der Waals surface area contributed by atoms with E-state index in [1.54, 1.807) is 0 Å². The highest BCUT2D eigenvalue weighted by Crippen LogP contribution is 2.03. The van der Waals surface area contributed by atoms with E-state index in [1.807, 2.05) is 4.90 Å². The van der Waals surface area contributed by atoms with Crippen molar-refractivity contribution < 1.29 is 4.79 Å². The maximum absolute atomic E-state index is 12.0. The molecule has 1 N–H and O–H groups in total. The third-order valence-electron chi connectivity index (χ3n) is 3.48. The predicted molar refractivity (Wildman–Crippen MR) is 79.3 cm³/mol. The Morgan fingerprint density at radius 1 is 1.21 bits per heavy atom. The number of hydrogen-bond donors (Lipinski definition) is 1. The predicted octanol–water partition coefficient (Wildman–Crippen LogP) is 0.0803. The summed E-state index contributed by atoms with van der Waals surface area (Å²) in [5, 5.41) is 3.29. The molecule has 0 aromatic carbocycles. The van der Waals surface area contributed by atoms with Gasteiger partial charge in [0.05, 0.1) is 0 Å². The standard InChI is InChI=1S/C14H30N4O/c1-13(2)15-6-5-14(19)18-11-9-17(10-12-18)8-7-16(3)4/h13,15H,5-12H2,1-4H3. The number of hydrogen-bond acceptors (Lipinski definition) is 4. The first kappa shape index (κ1) is 16.4. The Bertz CT molecular complexity index is 260. The van der Waals surface area contributed by atoms with Crippen LogP contribution < -0.4 is 5.32 Å². The van der Waals surface area contributed by atoms with Gasteiger partial charge in [0.1, 0.15) is 0 Å². The number of amides is 1. The smallest absolute Gasteiger partial charge is 0.223 e. The molecule has 0 aromatic heterocycles. The Hall–Kier alpha value is -0.650. The summed E-state index contributed by atoms with van der Waals surface area (Å²) in [7, 11) is 4.20. The molecular formula is C14H30N4O. The largest absolute Gasteiger partial charge is 0.340 e. The Labute approximate surface area is 117 Å². The average molecular weight is 270 g/mol. The van der Waals surface area contributed by atoms with Crippen LogP contribution in [0.1, 0.15) is 20.3 Å². The van der Waals surface area contributed by atoms with Gasteiger partial charge in [-0.1, -0.05) is 13.8 Å². The van der Waals surface area contributed by atoms with Crippen molar-refractivity contribution >= 4 is 5.91 Å². The Balaban J connectivity index is 2.16. The molecule has 5 heteroatoms. The molecule has 1 amide bonds. The van der Waals surface area contributed by atoms with Crippen molar-refractivity contribution in [3.8, 4) is 0 Å². The molecule has 0 unspecified atom stereocenters. The van der Waals surface area contributed by atoms with E-state index in [-0.39, 0.29) is 0 Å². The zero-order valence-corrected chi connectivity index (χ0v) is 13.0. The Morgan fingerprint density at radius 3 is 2.37 bits per heavy atom. The minimum atomic E-state index is 0.292. The van der Waals surface area contributed by atoms with Crippen LogP contribution in [0, 0.1) is 0 Å². The summed E-state index contributed by atoms with van der Waals surface area (Å²) >= 11 is 0. The molecule has 0 aliphatic carbocycles. The first-order valence-electron chi connectivity index (χ1n) is 7.37. The van der Waals surface area contributed by atoms with Crippen LogP contribution >= 0.6 is 0 Å². The lowest BCUT2D eigenvalue weighted by molar-refractivity contribution is -0.132. The van der Waals surface area contributed by atoms with Gasteiger partial charge in [0, 0.05) is 58.3 Å². The van der Waals surface area contributed by atoms with E-state index < -0.39 is 0 Å². The van der Waals surface area contributed by atoms with E-state index in [0.29, 0.717) is 18.4 Å². The molecule has 0 saturated carbocycles. The summed E-state index contributed by atoms with van der Waals surface area (Å²) in [5.74, 6) is 0.292. The molecule has 5 nitrogen and oxygen atoms in total. The van der Waals surface area contributed by atoms with E-state index in [4.69, 9.17) is 0 Å². The second-order valence-electron chi connectivity index (χ2n) is 5.88. The van der Waals surface area contributed by atoms with Gasteiger partial charge < -0.3 is 15.1 Å². The summed E-state index contributed by atoms with van der Waals surface area (Å²) in [6.45, 7) is 11.0. The van der Waals surface area contributed by atoms with Crippen molar-refractivity contribution in [1.82, 2.24) is 20.0 Å². The Morgan fingerprint density at radius 2 is 1.84 bits per heavy atom. The fourth-order valence-corrected chi connectivity index (χ4v) is 2.19. The summed E-state index contributed by atoms with van der Waals surface area (Å²) in [6, 6.07) is 0.454. The van der Waals surface area contributed by atoms with Crippen LogP contribution in [0.15, 0.2) is 0 Å². The van der Waals surface area contributed by atoms with Gasteiger partial charge in [-0.3, -0.25) is 9.69 Å². The van der Waals surface area contributed by atoms with Crippen LogP contribution in [0.5, 0.6) is 0 Å². The lowest BCUT2D eigenvalue weighted by atomic mass is 10.2. The molecule has 112 valence electrons. The number of likely N-dealkylation sites (N-methyl/N-ethyl adjacent to an activating group) is 1. The molecule has 1 saturated heterocycles. The van der Waals surface area contributed by atoms with Crippen LogP contribution in [-0.2, 0) is 4.79 Å². The highest BCUT2D eigenvalue weighted by molar-refractivity contribution is 5.76. The molecule has 0 spiro atoms. The minimum absolute atomic E-state index is 0.292. The number of piperazine rings is 1. The summed E-state index contributed by atoms with van der Waals surface area (Å²) < 4.78 is 0. The van der Waals surface area contributed by atoms with Crippen molar-refractivity contribution in [2.24, 2.45) is 0 Å². The van der Waals surface area contributed by atoms with E-state index in [1.165, 1.54) is 0 Å². The van der Waals surface area contributed by atoms with Crippen molar-refractivity contribution in [2.75, 3.05) is 59.9 Å². The van der Waals surface area contributed by atoms with Crippen LogP contribution in [-0.4, -0.2) is 86.6 Å². The first-order chi connectivity index (χ1) is 8.99. The van der Waals surface area contributed by atoms with Crippen molar-refractivity contribution in [3.05, 3.63) is 0 Å². The molecule has 0 aromatic rings. The van der Waals surface area contributed by atoms with Gasteiger partial charge in [0.2, 0.25) is 5.91 Å². The van der Waals surface area contributed by atoms with Crippen LogP contribution in [0.3, 0.4) is 0 Å². The normalized spacial score (nSPS) is 17.5. The monoisotopic (exact) mass is 270 g/mol. The van der Waals surface area contributed by atoms with E-state index in [9.17, 15) is 4.79 Å². The van der Waals surface area contributed by atoms with E-state index in [2.05, 4.69) is 43.1 Å². The first-order valence-corrected chi connectivity index (χ1v) is 7.37. The lowest BCUT2D eigenvalue weighted by Crippen LogP contribution is -2.50. The molecule has 19 heavy (non-hydrogen) atoms. The highest BCUT2D eigenvalue weighted by Gasteiger charge is 2.20. The van der Waals surface area contributed by atoms with Crippen molar-refractivity contribution in [1.29, 1.82) is 0 Å².